The lowest BCUT2D eigenvalue weighted by Crippen LogP contribution is -2.47. The van der Waals surface area contributed by atoms with Gasteiger partial charge in [-0.1, -0.05) is 6.92 Å². The molecular weight excluding hydrogens is 174 g/mol. The highest BCUT2D eigenvalue weighted by Crippen LogP contribution is 1.73. The second-order valence-electron chi connectivity index (χ2n) is 2.23. The summed E-state index contributed by atoms with van der Waals surface area (Å²) in [5.41, 5.74) is 4.20. The molecule has 0 heterocycles. The maximum atomic E-state index is 10.8. The third-order valence-corrected chi connectivity index (χ3v) is 1.09. The molecule has 0 aromatic heterocycles. The van der Waals surface area contributed by atoms with Crippen LogP contribution in [-0.2, 0) is 4.74 Å². The minimum Gasteiger partial charge on any atom is -0.449 e. The van der Waals surface area contributed by atoms with Gasteiger partial charge in [-0.05, 0) is 13.3 Å². The van der Waals surface area contributed by atoms with Crippen LogP contribution in [0.2, 0.25) is 0 Å². The Morgan fingerprint density at radius 3 is 2.46 bits per heavy atom. The molecule has 0 aliphatic heterocycles. The van der Waals surface area contributed by atoms with E-state index in [0.717, 1.165) is 6.42 Å². The van der Waals surface area contributed by atoms with Gasteiger partial charge in [-0.25, -0.2) is 20.4 Å². The Morgan fingerprint density at radius 2 is 1.92 bits per heavy atom. The number of carbonyl (C=O) groups is 2. The molecule has 13 heavy (non-hydrogen) atoms. The molecule has 0 aliphatic carbocycles. The highest BCUT2D eigenvalue weighted by Gasteiger charge is 2.01. The first-order valence-electron chi connectivity index (χ1n) is 4.17. The predicted octanol–water partition coefficient (Wildman–Crippen LogP) is 0.357. The zero-order valence-electron chi connectivity index (χ0n) is 7.85. The highest BCUT2D eigenvalue weighted by molar-refractivity contribution is 5.77. The fourth-order valence-electron chi connectivity index (χ4n) is 0.558. The molecule has 0 saturated carbocycles. The molecule has 0 radical (unpaired) electrons. The predicted molar refractivity (Wildman–Crippen MR) is 47.0 cm³/mol. The molecule has 3 N–H and O–H groups in total. The molecule has 0 unspecified atom stereocenters. The van der Waals surface area contributed by atoms with Crippen LogP contribution >= 0.6 is 0 Å². The summed E-state index contributed by atoms with van der Waals surface area (Å²) in [6.45, 7) is 4.44. The maximum Gasteiger partial charge on any atom is 0.426 e. The van der Waals surface area contributed by atoms with E-state index in [2.05, 4.69) is 20.9 Å². The zero-order valence-corrected chi connectivity index (χ0v) is 7.85. The fraction of sp³-hybridized carbons (Fsp3) is 0.714. The highest BCUT2D eigenvalue weighted by atomic mass is 16.6. The third-order valence-electron chi connectivity index (χ3n) is 1.09. The van der Waals surface area contributed by atoms with Crippen LogP contribution in [0.5, 0.6) is 0 Å². The number of hydrogen-bond donors (Lipinski definition) is 3. The standard InChI is InChI=1S/C7H15N3O3/c1-3-5-8-6(11)9-10-7(12)13-4-2/h3-5H2,1-2H3,(H,10,12)(H2,8,9,11). The Balaban J connectivity index is 3.40. The van der Waals surface area contributed by atoms with Crippen molar-refractivity contribution in [2.45, 2.75) is 20.3 Å². The smallest absolute Gasteiger partial charge is 0.426 e. The first-order valence-corrected chi connectivity index (χ1v) is 4.17. The van der Waals surface area contributed by atoms with E-state index in [4.69, 9.17) is 0 Å². The van der Waals surface area contributed by atoms with E-state index in [0.29, 0.717) is 6.54 Å². The SMILES string of the molecule is CCCNC(=O)NNC(=O)OCC. The van der Waals surface area contributed by atoms with Crippen molar-refractivity contribution in [3.05, 3.63) is 0 Å². The topological polar surface area (TPSA) is 79.5 Å². The van der Waals surface area contributed by atoms with Crippen molar-refractivity contribution in [2.75, 3.05) is 13.2 Å². The molecule has 6 heteroatoms. The van der Waals surface area contributed by atoms with Crippen LogP contribution < -0.4 is 16.2 Å². The lowest BCUT2D eigenvalue weighted by atomic mass is 10.5. The third kappa shape index (κ3) is 6.92. The van der Waals surface area contributed by atoms with E-state index in [1.807, 2.05) is 6.92 Å². The van der Waals surface area contributed by atoms with Gasteiger partial charge in [0.1, 0.15) is 0 Å². The largest absolute Gasteiger partial charge is 0.449 e. The molecule has 0 aromatic rings. The number of carbonyl (C=O) groups excluding carboxylic acids is 2. The lowest BCUT2D eigenvalue weighted by molar-refractivity contribution is 0.147. The van der Waals surface area contributed by atoms with Crippen molar-refractivity contribution in [3.8, 4) is 0 Å². The van der Waals surface area contributed by atoms with Crippen LogP contribution in [-0.4, -0.2) is 25.3 Å². The summed E-state index contributed by atoms with van der Waals surface area (Å²) in [6.07, 6.45) is 0.168. The van der Waals surface area contributed by atoms with Crippen LogP contribution in [0.25, 0.3) is 0 Å². The Labute approximate surface area is 77.0 Å². The van der Waals surface area contributed by atoms with Crippen LogP contribution in [0.4, 0.5) is 9.59 Å². The van der Waals surface area contributed by atoms with Crippen LogP contribution in [0.1, 0.15) is 20.3 Å². The number of urea groups is 1. The normalized spacial score (nSPS) is 8.77. The second-order valence-corrected chi connectivity index (χ2v) is 2.23. The number of hydrazine groups is 1. The van der Waals surface area contributed by atoms with Crippen LogP contribution in [0.3, 0.4) is 0 Å². The summed E-state index contributed by atoms with van der Waals surface area (Å²) in [5, 5.41) is 2.51. The summed E-state index contributed by atoms with van der Waals surface area (Å²) in [5.74, 6) is 0. The molecular formula is C7H15N3O3. The molecule has 6 nitrogen and oxygen atoms in total. The van der Waals surface area contributed by atoms with Gasteiger partial charge in [0.2, 0.25) is 0 Å². The quantitative estimate of drug-likeness (QED) is 0.561. The number of amides is 3. The van der Waals surface area contributed by atoms with Crippen LogP contribution in [0, 0.1) is 0 Å². The molecule has 0 bridgehead atoms. The molecule has 0 aliphatic rings. The summed E-state index contributed by atoms with van der Waals surface area (Å²) in [4.78, 5) is 21.5. The molecule has 76 valence electrons. The summed E-state index contributed by atoms with van der Waals surface area (Å²) in [6, 6.07) is -0.449. The van der Waals surface area contributed by atoms with Gasteiger partial charge in [0, 0.05) is 6.54 Å². The van der Waals surface area contributed by atoms with Gasteiger partial charge in [0.25, 0.3) is 0 Å². The number of nitrogens with one attached hydrogen (secondary N) is 3. The van der Waals surface area contributed by atoms with Crippen molar-refractivity contribution >= 4 is 12.1 Å². The Bertz CT molecular complexity index is 172. The molecule has 3 amide bonds. The van der Waals surface area contributed by atoms with Gasteiger partial charge in [0.15, 0.2) is 0 Å². The second kappa shape index (κ2) is 7.20. The Hall–Kier alpha value is -1.46. The van der Waals surface area contributed by atoms with Gasteiger partial charge >= 0.3 is 12.1 Å². The van der Waals surface area contributed by atoms with Crippen molar-refractivity contribution < 1.29 is 14.3 Å². The fourth-order valence-corrected chi connectivity index (χ4v) is 0.558. The minimum absolute atomic E-state index is 0.268. The summed E-state index contributed by atoms with van der Waals surface area (Å²) >= 11 is 0. The van der Waals surface area contributed by atoms with E-state index in [1.165, 1.54) is 0 Å². The van der Waals surface area contributed by atoms with Gasteiger partial charge < -0.3 is 10.1 Å². The van der Waals surface area contributed by atoms with E-state index in [9.17, 15) is 9.59 Å². The monoisotopic (exact) mass is 189 g/mol. The number of rotatable bonds is 3. The average Bonchev–Trinajstić information content (AvgIpc) is 2.12. The zero-order chi connectivity index (χ0) is 10.1. The van der Waals surface area contributed by atoms with Crippen molar-refractivity contribution in [2.24, 2.45) is 0 Å². The molecule has 0 atom stereocenters. The van der Waals surface area contributed by atoms with Crippen molar-refractivity contribution in [1.29, 1.82) is 0 Å². The van der Waals surface area contributed by atoms with Gasteiger partial charge in [-0.15, -0.1) is 0 Å². The lowest BCUT2D eigenvalue weighted by Gasteiger charge is -2.07. The maximum absolute atomic E-state index is 10.8. The minimum atomic E-state index is -0.672. The summed E-state index contributed by atoms with van der Waals surface area (Å²) in [7, 11) is 0. The molecule has 0 spiro atoms. The molecule has 0 rings (SSSR count). The van der Waals surface area contributed by atoms with Crippen molar-refractivity contribution in [1.82, 2.24) is 16.2 Å². The first kappa shape index (κ1) is 11.5. The van der Waals surface area contributed by atoms with E-state index in [-0.39, 0.29) is 6.61 Å². The molecule has 0 aromatic carbocycles. The first-order chi connectivity index (χ1) is 6.20. The number of hydrogen-bond acceptors (Lipinski definition) is 3. The Kier molecular flexibility index (Phi) is 6.39. The van der Waals surface area contributed by atoms with Gasteiger partial charge in [-0.2, -0.15) is 0 Å². The van der Waals surface area contributed by atoms with Crippen LogP contribution in [0.15, 0.2) is 0 Å². The van der Waals surface area contributed by atoms with Gasteiger partial charge in [-0.3, -0.25) is 0 Å². The van der Waals surface area contributed by atoms with Crippen molar-refractivity contribution in [3.63, 3.8) is 0 Å². The van der Waals surface area contributed by atoms with Gasteiger partial charge in [0.05, 0.1) is 6.61 Å². The van der Waals surface area contributed by atoms with E-state index < -0.39 is 12.1 Å². The number of ether oxygens (including phenoxy) is 1. The summed E-state index contributed by atoms with van der Waals surface area (Å²) < 4.78 is 4.50. The molecule has 0 fully saturated rings. The Morgan fingerprint density at radius 1 is 1.23 bits per heavy atom. The molecule has 0 saturated heterocycles. The van der Waals surface area contributed by atoms with E-state index in [1.54, 1.807) is 6.92 Å². The van der Waals surface area contributed by atoms with E-state index >= 15 is 0 Å². The average molecular weight is 189 g/mol.